The van der Waals surface area contributed by atoms with Crippen LogP contribution in [0.1, 0.15) is 20.3 Å². The summed E-state index contributed by atoms with van der Waals surface area (Å²) in [4.78, 5) is 16.1. The molecule has 1 unspecified atom stereocenters. The highest BCUT2D eigenvalue weighted by Gasteiger charge is 2.12. The predicted octanol–water partition coefficient (Wildman–Crippen LogP) is 1.73. The van der Waals surface area contributed by atoms with Crippen molar-refractivity contribution in [2.75, 3.05) is 5.32 Å². The Labute approximate surface area is 106 Å². The van der Waals surface area contributed by atoms with Crippen LogP contribution in [-0.2, 0) is 11.3 Å². The predicted molar refractivity (Wildman–Crippen MR) is 72.3 cm³/mol. The number of carbonyl (C=O) groups excluding carboxylic acids is 1. The third-order valence-corrected chi connectivity index (χ3v) is 2.73. The quantitative estimate of drug-likeness (QED) is 0.863. The lowest BCUT2D eigenvalue weighted by Gasteiger charge is -2.08. The summed E-state index contributed by atoms with van der Waals surface area (Å²) in [6, 6.07) is 7.67. The van der Waals surface area contributed by atoms with E-state index in [0.717, 1.165) is 17.6 Å². The van der Waals surface area contributed by atoms with Crippen LogP contribution in [0.4, 0.5) is 5.95 Å². The molecular weight excluding hydrogens is 228 g/mol. The number of hydrogen-bond donors (Lipinski definition) is 2. The number of nitrogens with one attached hydrogen (secondary N) is 1. The van der Waals surface area contributed by atoms with E-state index in [1.807, 2.05) is 42.7 Å². The van der Waals surface area contributed by atoms with E-state index in [9.17, 15) is 4.79 Å². The molecule has 1 heterocycles. The first-order valence-electron chi connectivity index (χ1n) is 6.12. The van der Waals surface area contributed by atoms with E-state index in [1.54, 1.807) is 0 Å². The molecule has 0 saturated heterocycles. The highest BCUT2D eigenvalue weighted by atomic mass is 16.1. The molecule has 2 aromatic rings. The molecule has 1 atom stereocenters. The average molecular weight is 246 g/mol. The minimum absolute atomic E-state index is 0.102. The molecular formula is C13H18N4O. The number of para-hydroxylation sites is 2. The molecule has 0 aliphatic rings. The van der Waals surface area contributed by atoms with E-state index in [1.165, 1.54) is 0 Å². The van der Waals surface area contributed by atoms with E-state index in [2.05, 4.69) is 10.3 Å². The summed E-state index contributed by atoms with van der Waals surface area (Å²) < 4.78 is 1.98. The summed E-state index contributed by atoms with van der Waals surface area (Å²) in [6.07, 6.45) is 0.299. The Balaban J connectivity index is 2.30. The van der Waals surface area contributed by atoms with Crippen molar-refractivity contribution in [3.63, 3.8) is 0 Å². The smallest absolute Gasteiger partial charge is 0.228 e. The van der Waals surface area contributed by atoms with Gasteiger partial charge in [0.25, 0.3) is 0 Å². The molecule has 5 nitrogen and oxygen atoms in total. The van der Waals surface area contributed by atoms with Gasteiger partial charge in [-0.25, -0.2) is 4.98 Å². The van der Waals surface area contributed by atoms with Gasteiger partial charge < -0.3 is 10.3 Å². The zero-order valence-corrected chi connectivity index (χ0v) is 10.7. The van der Waals surface area contributed by atoms with Gasteiger partial charge in [-0.3, -0.25) is 10.1 Å². The van der Waals surface area contributed by atoms with Crippen LogP contribution in [0.25, 0.3) is 11.0 Å². The van der Waals surface area contributed by atoms with Crippen LogP contribution in [0.3, 0.4) is 0 Å². The molecule has 1 amide bonds. The Morgan fingerprint density at radius 1 is 1.50 bits per heavy atom. The van der Waals surface area contributed by atoms with Crippen molar-refractivity contribution in [1.29, 1.82) is 0 Å². The number of fused-ring (bicyclic) bond motifs is 1. The summed E-state index contributed by atoms with van der Waals surface area (Å²) in [5, 5.41) is 2.82. The van der Waals surface area contributed by atoms with E-state index in [0.29, 0.717) is 12.4 Å². The van der Waals surface area contributed by atoms with E-state index < -0.39 is 0 Å². The lowest BCUT2D eigenvalue weighted by Crippen LogP contribution is -2.25. The van der Waals surface area contributed by atoms with Crippen LogP contribution in [0.2, 0.25) is 0 Å². The Morgan fingerprint density at radius 2 is 2.22 bits per heavy atom. The summed E-state index contributed by atoms with van der Waals surface area (Å²) in [7, 11) is 0. The molecule has 1 aromatic heterocycles. The van der Waals surface area contributed by atoms with Crippen LogP contribution in [-0.4, -0.2) is 21.5 Å². The lowest BCUT2D eigenvalue weighted by molar-refractivity contribution is -0.116. The second-order valence-electron chi connectivity index (χ2n) is 4.40. The summed E-state index contributed by atoms with van der Waals surface area (Å²) >= 11 is 0. The molecule has 0 saturated carbocycles. The first-order valence-corrected chi connectivity index (χ1v) is 6.12. The number of amides is 1. The topological polar surface area (TPSA) is 72.9 Å². The van der Waals surface area contributed by atoms with Crippen molar-refractivity contribution in [2.24, 2.45) is 5.73 Å². The molecule has 96 valence electrons. The molecule has 0 aliphatic carbocycles. The largest absolute Gasteiger partial charge is 0.327 e. The fraction of sp³-hybridized carbons (Fsp3) is 0.385. The van der Waals surface area contributed by atoms with Gasteiger partial charge in [0.15, 0.2) is 0 Å². The van der Waals surface area contributed by atoms with Crippen LogP contribution in [0, 0.1) is 0 Å². The molecule has 0 fully saturated rings. The zero-order chi connectivity index (χ0) is 13.1. The standard InChI is InChI=1S/C13H18N4O/c1-3-17-11-7-5-4-6-10(11)15-13(17)16-12(18)8-9(2)14/h4-7,9H,3,8,14H2,1-2H3,(H,15,16,18). The van der Waals surface area contributed by atoms with Crippen LogP contribution in [0.5, 0.6) is 0 Å². The fourth-order valence-corrected chi connectivity index (χ4v) is 1.96. The van der Waals surface area contributed by atoms with Crippen molar-refractivity contribution in [3.05, 3.63) is 24.3 Å². The van der Waals surface area contributed by atoms with Crippen LogP contribution < -0.4 is 11.1 Å². The summed E-state index contributed by atoms with van der Waals surface area (Å²) in [5.41, 5.74) is 7.51. The number of imidazole rings is 1. The molecule has 18 heavy (non-hydrogen) atoms. The molecule has 1 aromatic carbocycles. The lowest BCUT2D eigenvalue weighted by atomic mass is 10.2. The molecule has 5 heteroatoms. The number of hydrogen-bond acceptors (Lipinski definition) is 3. The number of aryl methyl sites for hydroxylation is 1. The number of benzene rings is 1. The maximum absolute atomic E-state index is 11.7. The fourth-order valence-electron chi connectivity index (χ4n) is 1.96. The monoisotopic (exact) mass is 246 g/mol. The Bertz CT molecular complexity index is 559. The molecule has 2 rings (SSSR count). The molecule has 0 radical (unpaired) electrons. The minimum Gasteiger partial charge on any atom is -0.327 e. The highest BCUT2D eigenvalue weighted by Crippen LogP contribution is 2.19. The third kappa shape index (κ3) is 2.51. The third-order valence-electron chi connectivity index (χ3n) is 2.73. The van der Waals surface area contributed by atoms with Gasteiger partial charge in [0.05, 0.1) is 11.0 Å². The normalized spacial score (nSPS) is 12.6. The maximum Gasteiger partial charge on any atom is 0.228 e. The molecule has 0 aliphatic heterocycles. The van der Waals surface area contributed by atoms with Crippen molar-refractivity contribution >= 4 is 22.9 Å². The van der Waals surface area contributed by atoms with Gasteiger partial charge in [0, 0.05) is 19.0 Å². The zero-order valence-electron chi connectivity index (χ0n) is 10.7. The highest BCUT2D eigenvalue weighted by molar-refractivity contribution is 5.91. The second-order valence-corrected chi connectivity index (χ2v) is 4.40. The number of rotatable bonds is 4. The van der Waals surface area contributed by atoms with Gasteiger partial charge in [-0.05, 0) is 26.0 Å². The van der Waals surface area contributed by atoms with Gasteiger partial charge in [0.2, 0.25) is 11.9 Å². The number of nitrogens with zero attached hydrogens (tertiary/aromatic N) is 2. The summed E-state index contributed by atoms with van der Waals surface area (Å²) in [6.45, 7) is 4.59. The van der Waals surface area contributed by atoms with E-state index in [4.69, 9.17) is 5.73 Å². The average Bonchev–Trinajstić information content (AvgIpc) is 2.64. The van der Waals surface area contributed by atoms with Crippen molar-refractivity contribution < 1.29 is 4.79 Å². The molecule has 3 N–H and O–H groups in total. The van der Waals surface area contributed by atoms with Gasteiger partial charge >= 0.3 is 0 Å². The SMILES string of the molecule is CCn1c(NC(=O)CC(C)N)nc2ccccc21. The Morgan fingerprint density at radius 3 is 2.89 bits per heavy atom. The van der Waals surface area contributed by atoms with E-state index >= 15 is 0 Å². The van der Waals surface area contributed by atoms with Crippen molar-refractivity contribution in [1.82, 2.24) is 9.55 Å². The number of aromatic nitrogens is 2. The second kappa shape index (κ2) is 5.18. The molecule has 0 bridgehead atoms. The number of nitrogens with two attached hydrogens (primary N) is 1. The Kier molecular flexibility index (Phi) is 3.62. The van der Waals surface area contributed by atoms with Crippen LogP contribution in [0.15, 0.2) is 24.3 Å². The number of anilines is 1. The van der Waals surface area contributed by atoms with Crippen molar-refractivity contribution in [2.45, 2.75) is 32.9 Å². The minimum atomic E-state index is -0.149. The van der Waals surface area contributed by atoms with Crippen molar-refractivity contribution in [3.8, 4) is 0 Å². The van der Waals surface area contributed by atoms with E-state index in [-0.39, 0.29) is 11.9 Å². The molecule has 0 spiro atoms. The maximum atomic E-state index is 11.7. The number of carbonyl (C=O) groups is 1. The van der Waals surface area contributed by atoms with Gasteiger partial charge in [-0.2, -0.15) is 0 Å². The first kappa shape index (κ1) is 12.6. The van der Waals surface area contributed by atoms with Gasteiger partial charge in [-0.1, -0.05) is 12.1 Å². The first-order chi connectivity index (χ1) is 8.61. The van der Waals surface area contributed by atoms with Gasteiger partial charge in [-0.15, -0.1) is 0 Å². The van der Waals surface area contributed by atoms with Gasteiger partial charge in [0.1, 0.15) is 0 Å². The van der Waals surface area contributed by atoms with Crippen LogP contribution >= 0.6 is 0 Å². The Hall–Kier alpha value is -1.88. The summed E-state index contributed by atoms with van der Waals surface area (Å²) in [5.74, 6) is 0.486.